The predicted octanol–water partition coefficient (Wildman–Crippen LogP) is 6.12. The number of carbonyl (C=O) groups is 2. The number of benzene rings is 4. The number of ether oxygens (including phenoxy) is 3. The first-order chi connectivity index (χ1) is 19.4. The molecule has 4 aromatic rings. The summed E-state index contributed by atoms with van der Waals surface area (Å²) in [6, 6.07) is 28.0. The lowest BCUT2D eigenvalue weighted by Crippen LogP contribution is -2.42. The molecule has 1 atom stereocenters. The van der Waals surface area contributed by atoms with Crippen LogP contribution in [0.4, 0.5) is 4.79 Å². The van der Waals surface area contributed by atoms with Crippen LogP contribution in [0.2, 0.25) is 0 Å². The standard InChI is InChI=1S/C33H31NO6/c1-21-11-14-24(15-12-21)39-19-23-17-22(13-16-31(23)38-2)18-30(32(35)36)34-33(37)40-20-29-27-9-5-3-7-25(27)26-8-4-6-10-28(26)29/h3-17,29-30H,18-20H2,1-2H3,(H,34,37)(H,35,36). The molecule has 0 saturated heterocycles. The van der Waals surface area contributed by atoms with E-state index in [9.17, 15) is 14.7 Å². The Balaban J connectivity index is 1.23. The van der Waals surface area contributed by atoms with Crippen LogP contribution < -0.4 is 14.8 Å². The monoisotopic (exact) mass is 537 g/mol. The fraction of sp³-hybridized carbons (Fsp3) is 0.212. The largest absolute Gasteiger partial charge is 0.496 e. The van der Waals surface area contributed by atoms with Crippen molar-refractivity contribution in [2.24, 2.45) is 0 Å². The third-order valence-corrected chi connectivity index (χ3v) is 7.13. The molecular weight excluding hydrogens is 506 g/mol. The molecule has 0 spiro atoms. The molecule has 1 unspecified atom stereocenters. The molecule has 1 aliphatic rings. The summed E-state index contributed by atoms with van der Waals surface area (Å²) in [5.41, 5.74) is 7.04. The minimum Gasteiger partial charge on any atom is -0.496 e. The van der Waals surface area contributed by atoms with Gasteiger partial charge in [0.1, 0.15) is 30.8 Å². The summed E-state index contributed by atoms with van der Waals surface area (Å²) in [5, 5.41) is 12.4. The van der Waals surface area contributed by atoms with E-state index in [1.54, 1.807) is 19.2 Å². The Morgan fingerprint density at radius 3 is 2.17 bits per heavy atom. The minimum absolute atomic E-state index is 0.0705. The van der Waals surface area contributed by atoms with Gasteiger partial charge in [0.05, 0.1) is 7.11 Å². The summed E-state index contributed by atoms with van der Waals surface area (Å²) >= 11 is 0. The molecule has 0 aromatic heterocycles. The lowest BCUT2D eigenvalue weighted by Gasteiger charge is -2.18. The smallest absolute Gasteiger partial charge is 0.407 e. The first-order valence-electron chi connectivity index (χ1n) is 13.1. The van der Waals surface area contributed by atoms with Crippen LogP contribution >= 0.6 is 0 Å². The molecule has 1 amide bonds. The van der Waals surface area contributed by atoms with Gasteiger partial charge in [-0.1, -0.05) is 72.3 Å². The zero-order valence-corrected chi connectivity index (χ0v) is 22.4. The van der Waals surface area contributed by atoms with Crippen molar-refractivity contribution >= 4 is 12.1 Å². The molecule has 204 valence electrons. The van der Waals surface area contributed by atoms with Crippen LogP contribution in [0.15, 0.2) is 91.0 Å². The summed E-state index contributed by atoms with van der Waals surface area (Å²) in [7, 11) is 1.57. The van der Waals surface area contributed by atoms with Gasteiger partial charge in [-0.15, -0.1) is 0 Å². The van der Waals surface area contributed by atoms with Gasteiger partial charge in [-0.3, -0.25) is 0 Å². The zero-order chi connectivity index (χ0) is 28.1. The highest BCUT2D eigenvalue weighted by molar-refractivity contribution is 5.81. The Kier molecular flexibility index (Phi) is 8.01. The number of fused-ring (bicyclic) bond motifs is 3. The van der Waals surface area contributed by atoms with E-state index in [1.807, 2.05) is 73.7 Å². The van der Waals surface area contributed by atoms with E-state index in [0.717, 1.165) is 44.7 Å². The first kappa shape index (κ1) is 26.8. The second kappa shape index (κ2) is 11.9. The maximum absolute atomic E-state index is 12.7. The van der Waals surface area contributed by atoms with Crippen LogP contribution in [0.3, 0.4) is 0 Å². The normalized spacial score (nSPS) is 12.7. The molecule has 0 saturated carbocycles. The lowest BCUT2D eigenvalue weighted by atomic mass is 9.98. The van der Waals surface area contributed by atoms with Gasteiger partial charge in [0, 0.05) is 17.9 Å². The van der Waals surface area contributed by atoms with Crippen molar-refractivity contribution < 1.29 is 28.9 Å². The van der Waals surface area contributed by atoms with E-state index < -0.39 is 18.1 Å². The first-order valence-corrected chi connectivity index (χ1v) is 13.1. The van der Waals surface area contributed by atoms with Crippen molar-refractivity contribution in [1.29, 1.82) is 0 Å². The highest BCUT2D eigenvalue weighted by Crippen LogP contribution is 2.44. The highest BCUT2D eigenvalue weighted by atomic mass is 16.5. The summed E-state index contributed by atoms with van der Waals surface area (Å²) in [5.74, 6) is 0.0894. The molecule has 4 aromatic carbocycles. The van der Waals surface area contributed by atoms with Gasteiger partial charge in [0.15, 0.2) is 0 Å². The van der Waals surface area contributed by atoms with E-state index in [1.165, 1.54) is 0 Å². The molecule has 1 aliphatic carbocycles. The second-order valence-corrected chi connectivity index (χ2v) is 9.81. The van der Waals surface area contributed by atoms with Crippen molar-refractivity contribution in [3.63, 3.8) is 0 Å². The van der Waals surface area contributed by atoms with Gasteiger partial charge < -0.3 is 24.6 Å². The average Bonchev–Trinajstić information content (AvgIpc) is 3.29. The van der Waals surface area contributed by atoms with Crippen molar-refractivity contribution in [3.8, 4) is 22.6 Å². The minimum atomic E-state index is -1.17. The topological polar surface area (TPSA) is 94.1 Å². The summed E-state index contributed by atoms with van der Waals surface area (Å²) < 4.78 is 16.9. The number of alkyl carbamates (subject to hydrolysis) is 1. The fourth-order valence-corrected chi connectivity index (χ4v) is 5.09. The van der Waals surface area contributed by atoms with Gasteiger partial charge in [0.2, 0.25) is 0 Å². The molecule has 0 heterocycles. The molecule has 2 N–H and O–H groups in total. The molecule has 7 heteroatoms. The molecule has 0 fully saturated rings. The van der Waals surface area contributed by atoms with Gasteiger partial charge in [-0.2, -0.15) is 0 Å². The van der Waals surface area contributed by atoms with Crippen molar-refractivity contribution in [2.75, 3.05) is 13.7 Å². The van der Waals surface area contributed by atoms with Crippen LogP contribution in [-0.4, -0.2) is 36.9 Å². The van der Waals surface area contributed by atoms with Crippen LogP contribution in [-0.2, 0) is 22.6 Å². The lowest BCUT2D eigenvalue weighted by molar-refractivity contribution is -0.139. The molecular formula is C33H31NO6. The number of carboxylic acid groups (broad SMARTS) is 1. The van der Waals surface area contributed by atoms with E-state index in [4.69, 9.17) is 14.2 Å². The van der Waals surface area contributed by atoms with Crippen molar-refractivity contribution in [3.05, 3.63) is 119 Å². The van der Waals surface area contributed by atoms with Crippen LogP contribution in [0.5, 0.6) is 11.5 Å². The quantitative estimate of drug-likeness (QED) is 0.253. The van der Waals surface area contributed by atoms with Crippen molar-refractivity contribution in [2.45, 2.75) is 31.9 Å². The Labute approximate surface area is 233 Å². The molecule has 0 radical (unpaired) electrons. The number of nitrogens with one attached hydrogen (secondary N) is 1. The Morgan fingerprint density at radius 1 is 0.900 bits per heavy atom. The van der Waals surface area contributed by atoms with Gasteiger partial charge in [-0.25, -0.2) is 9.59 Å². The highest BCUT2D eigenvalue weighted by Gasteiger charge is 2.30. The molecule has 0 aliphatic heterocycles. The molecule has 0 bridgehead atoms. The van der Waals surface area contributed by atoms with Gasteiger partial charge in [0.25, 0.3) is 0 Å². The van der Waals surface area contributed by atoms with E-state index in [0.29, 0.717) is 5.75 Å². The third kappa shape index (κ3) is 5.94. The maximum Gasteiger partial charge on any atom is 0.407 e. The second-order valence-electron chi connectivity index (χ2n) is 9.81. The Morgan fingerprint density at radius 2 is 1.55 bits per heavy atom. The van der Waals surface area contributed by atoms with E-state index in [2.05, 4.69) is 17.4 Å². The van der Waals surface area contributed by atoms with Crippen LogP contribution in [0, 0.1) is 6.92 Å². The number of amides is 1. The number of rotatable bonds is 10. The van der Waals surface area contributed by atoms with E-state index >= 15 is 0 Å². The summed E-state index contributed by atoms with van der Waals surface area (Å²) in [6.45, 7) is 2.36. The third-order valence-electron chi connectivity index (χ3n) is 7.13. The fourth-order valence-electron chi connectivity index (χ4n) is 5.09. The summed E-state index contributed by atoms with van der Waals surface area (Å²) in [6.07, 6.45) is -0.702. The average molecular weight is 538 g/mol. The Hall–Kier alpha value is -4.78. The number of aryl methyl sites for hydroxylation is 1. The molecule has 5 rings (SSSR count). The number of hydrogen-bond acceptors (Lipinski definition) is 5. The summed E-state index contributed by atoms with van der Waals surface area (Å²) in [4.78, 5) is 24.8. The van der Waals surface area contributed by atoms with Crippen molar-refractivity contribution in [1.82, 2.24) is 5.32 Å². The number of aliphatic carboxylic acids is 1. The van der Waals surface area contributed by atoms with Crippen LogP contribution in [0.25, 0.3) is 11.1 Å². The molecule has 7 nitrogen and oxygen atoms in total. The zero-order valence-electron chi connectivity index (χ0n) is 22.4. The number of carbonyl (C=O) groups excluding carboxylic acids is 1. The Bertz CT molecular complexity index is 1470. The number of methoxy groups -OCH3 is 1. The number of hydrogen-bond donors (Lipinski definition) is 2. The maximum atomic E-state index is 12.7. The predicted molar refractivity (Wildman–Crippen MR) is 152 cm³/mol. The van der Waals surface area contributed by atoms with Gasteiger partial charge in [-0.05, 0) is 59.0 Å². The van der Waals surface area contributed by atoms with Crippen LogP contribution in [0.1, 0.15) is 33.7 Å². The molecule has 40 heavy (non-hydrogen) atoms. The SMILES string of the molecule is COc1ccc(CC(NC(=O)OCC2c3ccccc3-c3ccccc32)C(=O)O)cc1COc1ccc(C)cc1. The number of carboxylic acids is 1. The van der Waals surface area contributed by atoms with E-state index in [-0.39, 0.29) is 25.6 Å². The van der Waals surface area contributed by atoms with Gasteiger partial charge >= 0.3 is 12.1 Å².